The minimum absolute atomic E-state index is 0.0733. The maximum Gasteiger partial charge on any atom is 0.338 e. The Kier molecular flexibility index (Phi) is 5.66. The Morgan fingerprint density at radius 1 is 1.07 bits per heavy atom. The van der Waals surface area contributed by atoms with Crippen LogP contribution >= 0.6 is 15.9 Å². The molecule has 0 radical (unpaired) electrons. The summed E-state index contributed by atoms with van der Waals surface area (Å²) >= 11 is 3.36. The summed E-state index contributed by atoms with van der Waals surface area (Å²) in [6, 6.07) is 20.7. The van der Waals surface area contributed by atoms with Crippen molar-refractivity contribution < 1.29 is 17.9 Å². The van der Waals surface area contributed by atoms with E-state index < -0.39 is 16.0 Å². The molecule has 3 aromatic carbocycles. The molecule has 4 rings (SSSR count). The summed E-state index contributed by atoms with van der Waals surface area (Å²) in [5, 5.41) is 0. The Bertz CT molecular complexity index is 1190. The molecule has 3 aromatic rings. The predicted molar refractivity (Wildman–Crippen MR) is 119 cm³/mol. The molecule has 0 spiro atoms. The Hall–Kier alpha value is -2.64. The fourth-order valence-electron chi connectivity index (χ4n) is 3.61. The Balaban J connectivity index is 1.57. The van der Waals surface area contributed by atoms with Gasteiger partial charge in [0.1, 0.15) is 6.61 Å². The molecule has 0 aliphatic carbocycles. The number of sulfonamides is 1. The number of anilines is 1. The summed E-state index contributed by atoms with van der Waals surface area (Å²) in [7, 11) is -3.81. The van der Waals surface area contributed by atoms with Gasteiger partial charge < -0.3 is 4.74 Å². The Morgan fingerprint density at radius 3 is 2.57 bits per heavy atom. The van der Waals surface area contributed by atoms with Crippen LogP contribution in [0.3, 0.4) is 0 Å². The summed E-state index contributed by atoms with van der Waals surface area (Å²) < 4.78 is 34.5. The van der Waals surface area contributed by atoms with Crippen LogP contribution in [0.5, 0.6) is 0 Å². The third-order valence-corrected chi connectivity index (χ3v) is 7.51. The van der Waals surface area contributed by atoms with E-state index in [4.69, 9.17) is 4.74 Å². The number of carbonyl (C=O) groups is 1. The third kappa shape index (κ3) is 4.00. The van der Waals surface area contributed by atoms with E-state index in [0.717, 1.165) is 15.6 Å². The minimum Gasteiger partial charge on any atom is -0.457 e. The Labute approximate surface area is 184 Å². The molecule has 0 bridgehead atoms. The standard InChI is InChI=1S/C23H20BrNO4S/c1-16-13-18-5-2-3-8-22(18)25(16)30(27,28)21-7-4-6-19(14-21)23(26)29-15-17-9-11-20(24)12-10-17/h2-12,14,16H,13,15H2,1H3. The van der Waals surface area contributed by atoms with Gasteiger partial charge in [0.2, 0.25) is 0 Å². The maximum absolute atomic E-state index is 13.4. The molecule has 0 amide bonds. The van der Waals surface area contributed by atoms with Gasteiger partial charge in [-0.15, -0.1) is 0 Å². The summed E-state index contributed by atoms with van der Waals surface area (Å²) in [6.45, 7) is 1.99. The third-order valence-electron chi connectivity index (χ3n) is 5.05. The van der Waals surface area contributed by atoms with Gasteiger partial charge >= 0.3 is 5.97 Å². The first-order valence-electron chi connectivity index (χ1n) is 9.50. The van der Waals surface area contributed by atoms with Crippen LogP contribution in [0.15, 0.2) is 82.2 Å². The second-order valence-corrected chi connectivity index (χ2v) is 9.94. The maximum atomic E-state index is 13.4. The molecule has 30 heavy (non-hydrogen) atoms. The molecule has 154 valence electrons. The molecule has 0 saturated heterocycles. The van der Waals surface area contributed by atoms with Crippen LogP contribution in [-0.4, -0.2) is 20.4 Å². The highest BCUT2D eigenvalue weighted by Gasteiger charge is 2.36. The van der Waals surface area contributed by atoms with Gasteiger partial charge in [0, 0.05) is 10.5 Å². The van der Waals surface area contributed by atoms with Crippen molar-refractivity contribution in [3.63, 3.8) is 0 Å². The van der Waals surface area contributed by atoms with Crippen LogP contribution in [0.25, 0.3) is 0 Å². The van der Waals surface area contributed by atoms with Crippen molar-refractivity contribution >= 4 is 37.6 Å². The molecule has 1 aliphatic rings. The number of nitrogens with zero attached hydrogens (tertiary/aromatic N) is 1. The second-order valence-electron chi connectivity index (χ2n) is 7.21. The van der Waals surface area contributed by atoms with Gasteiger partial charge in [-0.1, -0.05) is 52.3 Å². The first-order valence-corrected chi connectivity index (χ1v) is 11.7. The fraction of sp³-hybridized carbons (Fsp3) is 0.174. The van der Waals surface area contributed by atoms with Gasteiger partial charge in [0.25, 0.3) is 10.0 Å². The van der Waals surface area contributed by atoms with E-state index >= 15 is 0 Å². The summed E-state index contributed by atoms with van der Waals surface area (Å²) in [4.78, 5) is 12.6. The van der Waals surface area contributed by atoms with Crippen LogP contribution < -0.4 is 4.31 Å². The van der Waals surface area contributed by atoms with Gasteiger partial charge in [0.05, 0.1) is 16.1 Å². The van der Waals surface area contributed by atoms with Crippen LogP contribution in [0.4, 0.5) is 5.69 Å². The highest BCUT2D eigenvalue weighted by atomic mass is 79.9. The van der Waals surface area contributed by atoms with Crippen LogP contribution in [0, 0.1) is 0 Å². The Morgan fingerprint density at radius 2 is 1.80 bits per heavy atom. The number of hydrogen-bond acceptors (Lipinski definition) is 4. The number of esters is 1. The second kappa shape index (κ2) is 8.24. The van der Waals surface area contributed by atoms with Crippen molar-refractivity contribution in [2.45, 2.75) is 30.9 Å². The van der Waals surface area contributed by atoms with E-state index in [1.807, 2.05) is 55.5 Å². The van der Waals surface area contributed by atoms with Gasteiger partial charge in [-0.2, -0.15) is 0 Å². The number of halogens is 1. The van der Waals surface area contributed by atoms with E-state index in [0.29, 0.717) is 12.1 Å². The van der Waals surface area contributed by atoms with Gasteiger partial charge in [-0.25, -0.2) is 13.2 Å². The zero-order chi connectivity index (χ0) is 21.3. The lowest BCUT2D eigenvalue weighted by Gasteiger charge is -2.24. The van der Waals surface area contributed by atoms with E-state index in [2.05, 4.69) is 15.9 Å². The normalized spacial score (nSPS) is 15.7. The highest BCUT2D eigenvalue weighted by molar-refractivity contribution is 9.10. The minimum atomic E-state index is -3.81. The number of para-hydroxylation sites is 1. The van der Waals surface area contributed by atoms with E-state index in [1.54, 1.807) is 12.1 Å². The molecule has 5 nitrogen and oxygen atoms in total. The summed E-state index contributed by atoms with van der Waals surface area (Å²) in [5.74, 6) is -0.565. The van der Waals surface area contributed by atoms with Crippen molar-refractivity contribution in [2.24, 2.45) is 0 Å². The first-order chi connectivity index (χ1) is 14.4. The van der Waals surface area contributed by atoms with Crippen molar-refractivity contribution in [1.82, 2.24) is 0 Å². The highest BCUT2D eigenvalue weighted by Crippen LogP contribution is 2.36. The molecule has 7 heteroatoms. The number of benzene rings is 3. The lowest BCUT2D eigenvalue weighted by molar-refractivity contribution is 0.0472. The molecule has 1 aliphatic heterocycles. The quantitative estimate of drug-likeness (QED) is 0.479. The molecule has 1 atom stereocenters. The number of hydrogen-bond donors (Lipinski definition) is 0. The number of ether oxygens (including phenoxy) is 1. The van der Waals surface area contributed by atoms with E-state index in [9.17, 15) is 13.2 Å². The predicted octanol–water partition coefficient (Wildman–Crippen LogP) is 4.95. The monoisotopic (exact) mass is 485 g/mol. The van der Waals surface area contributed by atoms with E-state index in [1.165, 1.54) is 16.4 Å². The van der Waals surface area contributed by atoms with Gasteiger partial charge in [0.15, 0.2) is 0 Å². The molecule has 0 N–H and O–H groups in total. The topological polar surface area (TPSA) is 63.7 Å². The lowest BCUT2D eigenvalue weighted by atomic mass is 10.1. The van der Waals surface area contributed by atoms with Crippen LogP contribution in [-0.2, 0) is 27.8 Å². The molecular weight excluding hydrogens is 466 g/mol. The molecule has 1 unspecified atom stereocenters. The van der Waals surface area contributed by atoms with Crippen molar-refractivity contribution in [1.29, 1.82) is 0 Å². The van der Waals surface area contributed by atoms with Crippen LogP contribution in [0.1, 0.15) is 28.4 Å². The number of carbonyl (C=O) groups excluding carboxylic acids is 1. The van der Waals surface area contributed by atoms with Crippen molar-refractivity contribution in [2.75, 3.05) is 4.31 Å². The SMILES string of the molecule is CC1Cc2ccccc2N1S(=O)(=O)c1cccc(C(=O)OCc2ccc(Br)cc2)c1. The largest absolute Gasteiger partial charge is 0.457 e. The fourth-order valence-corrected chi connectivity index (χ4v) is 5.62. The molecule has 0 aromatic heterocycles. The smallest absolute Gasteiger partial charge is 0.338 e. The van der Waals surface area contributed by atoms with E-state index in [-0.39, 0.29) is 23.1 Å². The lowest BCUT2D eigenvalue weighted by Crippen LogP contribution is -2.35. The first kappa shape index (κ1) is 20.6. The average molecular weight is 486 g/mol. The summed E-state index contributed by atoms with van der Waals surface area (Å²) in [6.07, 6.45) is 0.657. The number of rotatable bonds is 5. The molecule has 0 fully saturated rings. The zero-order valence-corrected chi connectivity index (χ0v) is 18.7. The van der Waals surface area contributed by atoms with Gasteiger partial charge in [-0.05, 0) is 60.9 Å². The average Bonchev–Trinajstić information content (AvgIpc) is 3.09. The number of fused-ring (bicyclic) bond motifs is 1. The molecular formula is C23H20BrNO4S. The summed E-state index contributed by atoms with van der Waals surface area (Å²) in [5.41, 5.74) is 2.73. The van der Waals surface area contributed by atoms with Crippen molar-refractivity contribution in [3.8, 4) is 0 Å². The van der Waals surface area contributed by atoms with Crippen LogP contribution in [0.2, 0.25) is 0 Å². The molecule has 0 saturated carbocycles. The van der Waals surface area contributed by atoms with Gasteiger partial charge in [-0.3, -0.25) is 4.31 Å². The molecule has 1 heterocycles. The zero-order valence-electron chi connectivity index (χ0n) is 16.3. The van der Waals surface area contributed by atoms with Crippen molar-refractivity contribution in [3.05, 3.63) is 94.0 Å².